The predicted molar refractivity (Wildman–Crippen MR) is 105 cm³/mol. The molecule has 4 rings (SSSR count). The van der Waals surface area contributed by atoms with Gasteiger partial charge in [-0.3, -0.25) is 0 Å². The SMILES string of the molecule is COc1ccc(Cn2nnc3cc4c(cc32)[Si](C)(C)O[Si]4(C)C)cc1. The molecular formula is C18H23N3O2Si2. The largest absolute Gasteiger partial charge is 0.497 e. The van der Waals surface area contributed by atoms with Crippen LogP contribution in [0, 0.1) is 0 Å². The topological polar surface area (TPSA) is 49.2 Å². The van der Waals surface area contributed by atoms with Crippen molar-refractivity contribution in [2.45, 2.75) is 32.7 Å². The van der Waals surface area contributed by atoms with Crippen LogP contribution in [0.1, 0.15) is 5.56 Å². The lowest BCUT2D eigenvalue weighted by molar-refractivity contribution is 0.414. The Hall–Kier alpha value is -1.97. The molecule has 130 valence electrons. The molecule has 0 saturated carbocycles. The van der Waals surface area contributed by atoms with Crippen molar-refractivity contribution < 1.29 is 8.85 Å². The second kappa shape index (κ2) is 5.52. The molecule has 0 saturated heterocycles. The molecule has 0 aliphatic carbocycles. The first-order valence-electron chi connectivity index (χ1n) is 8.51. The van der Waals surface area contributed by atoms with Crippen molar-refractivity contribution in [1.82, 2.24) is 15.0 Å². The highest BCUT2D eigenvalue weighted by Crippen LogP contribution is 2.24. The van der Waals surface area contributed by atoms with Gasteiger partial charge in [0.05, 0.1) is 19.2 Å². The Kier molecular flexibility index (Phi) is 3.64. The summed E-state index contributed by atoms with van der Waals surface area (Å²) >= 11 is 0. The highest BCUT2D eigenvalue weighted by Gasteiger charge is 2.46. The van der Waals surface area contributed by atoms with Gasteiger partial charge >= 0.3 is 0 Å². The fourth-order valence-corrected chi connectivity index (χ4v) is 14.0. The average Bonchev–Trinajstić information content (AvgIpc) is 3.03. The number of hydrogen-bond acceptors (Lipinski definition) is 4. The molecule has 2 heterocycles. The van der Waals surface area contributed by atoms with Gasteiger partial charge in [-0.1, -0.05) is 17.3 Å². The van der Waals surface area contributed by atoms with E-state index in [1.165, 1.54) is 15.9 Å². The summed E-state index contributed by atoms with van der Waals surface area (Å²) in [6.07, 6.45) is 0. The molecule has 0 spiro atoms. The number of ether oxygens (including phenoxy) is 1. The van der Waals surface area contributed by atoms with Gasteiger partial charge in [0.1, 0.15) is 11.3 Å². The molecule has 25 heavy (non-hydrogen) atoms. The molecule has 0 N–H and O–H groups in total. The van der Waals surface area contributed by atoms with Crippen molar-refractivity contribution in [3.05, 3.63) is 42.0 Å². The summed E-state index contributed by atoms with van der Waals surface area (Å²) in [5.41, 5.74) is 3.23. The number of benzene rings is 2. The summed E-state index contributed by atoms with van der Waals surface area (Å²) in [6.45, 7) is 9.83. The van der Waals surface area contributed by atoms with Crippen LogP contribution in [0.2, 0.25) is 26.2 Å². The summed E-state index contributed by atoms with van der Waals surface area (Å²) < 4.78 is 13.7. The number of hydrogen-bond donors (Lipinski definition) is 0. The summed E-state index contributed by atoms with van der Waals surface area (Å²) in [5, 5.41) is 11.6. The maximum Gasteiger partial charge on any atom is 0.206 e. The predicted octanol–water partition coefficient (Wildman–Crippen LogP) is 2.34. The van der Waals surface area contributed by atoms with E-state index in [0.717, 1.165) is 16.8 Å². The van der Waals surface area contributed by atoms with Crippen molar-refractivity contribution in [2.75, 3.05) is 7.11 Å². The van der Waals surface area contributed by atoms with E-state index >= 15 is 0 Å². The third-order valence-corrected chi connectivity index (χ3v) is 12.7. The van der Waals surface area contributed by atoms with E-state index in [1.54, 1.807) is 7.11 Å². The van der Waals surface area contributed by atoms with E-state index in [0.29, 0.717) is 6.54 Å². The Labute approximate surface area is 149 Å². The fourth-order valence-electron chi connectivity index (χ4n) is 3.78. The average molecular weight is 370 g/mol. The van der Waals surface area contributed by atoms with Crippen LogP contribution in [-0.4, -0.2) is 38.7 Å². The Morgan fingerprint density at radius 3 is 2.28 bits per heavy atom. The Morgan fingerprint density at radius 1 is 1.00 bits per heavy atom. The van der Waals surface area contributed by atoms with Gasteiger partial charge in [0, 0.05) is 0 Å². The number of fused-ring (bicyclic) bond motifs is 2. The molecule has 1 aliphatic rings. The van der Waals surface area contributed by atoms with Gasteiger partial charge in [-0.2, -0.15) is 0 Å². The van der Waals surface area contributed by atoms with Gasteiger partial charge in [-0.15, -0.1) is 5.10 Å². The third kappa shape index (κ3) is 2.72. The first-order valence-corrected chi connectivity index (χ1v) is 14.3. The van der Waals surface area contributed by atoms with E-state index < -0.39 is 16.6 Å². The number of aromatic nitrogens is 3. The smallest absolute Gasteiger partial charge is 0.206 e. The lowest BCUT2D eigenvalue weighted by atomic mass is 10.2. The van der Waals surface area contributed by atoms with E-state index in [-0.39, 0.29) is 0 Å². The minimum Gasteiger partial charge on any atom is -0.497 e. The van der Waals surface area contributed by atoms with Gasteiger partial charge in [0.15, 0.2) is 0 Å². The minimum absolute atomic E-state index is 0.697. The molecule has 0 fully saturated rings. The first kappa shape index (κ1) is 16.5. The maximum atomic E-state index is 6.54. The maximum absolute atomic E-state index is 6.54. The monoisotopic (exact) mass is 369 g/mol. The van der Waals surface area contributed by atoms with Crippen molar-refractivity contribution in [1.29, 1.82) is 0 Å². The molecule has 1 aliphatic heterocycles. The lowest BCUT2D eigenvalue weighted by Crippen LogP contribution is -2.44. The Bertz CT molecular complexity index is 949. The highest BCUT2D eigenvalue weighted by atomic mass is 28.4. The third-order valence-electron chi connectivity index (χ3n) is 4.95. The normalized spacial score (nSPS) is 17.6. The lowest BCUT2D eigenvalue weighted by Gasteiger charge is -2.22. The molecule has 0 bridgehead atoms. The summed E-state index contributed by atoms with van der Waals surface area (Å²) in [7, 11) is -1.98. The van der Waals surface area contributed by atoms with Crippen molar-refractivity contribution in [2.24, 2.45) is 0 Å². The molecule has 0 radical (unpaired) electrons. The number of rotatable bonds is 3. The van der Waals surface area contributed by atoms with Gasteiger partial charge in [-0.05, 0) is 66.4 Å². The summed E-state index contributed by atoms with van der Waals surface area (Å²) in [5.74, 6) is 0.863. The van der Waals surface area contributed by atoms with Crippen LogP contribution in [0.3, 0.4) is 0 Å². The minimum atomic E-state index is -1.84. The van der Waals surface area contributed by atoms with E-state index in [4.69, 9.17) is 8.85 Å². The Morgan fingerprint density at radius 2 is 1.64 bits per heavy atom. The molecular weight excluding hydrogens is 346 g/mol. The van der Waals surface area contributed by atoms with Crippen LogP contribution in [0.4, 0.5) is 0 Å². The van der Waals surface area contributed by atoms with Crippen molar-refractivity contribution in [3.63, 3.8) is 0 Å². The quantitative estimate of drug-likeness (QED) is 0.665. The summed E-state index contributed by atoms with van der Waals surface area (Å²) in [6, 6.07) is 12.6. The van der Waals surface area contributed by atoms with E-state index in [1.807, 2.05) is 16.8 Å². The van der Waals surface area contributed by atoms with Crippen molar-refractivity contribution >= 4 is 38.0 Å². The van der Waals surface area contributed by atoms with Gasteiger partial charge in [0.25, 0.3) is 0 Å². The summed E-state index contributed by atoms with van der Waals surface area (Å²) in [4.78, 5) is 0. The van der Waals surface area contributed by atoms with Crippen LogP contribution in [0.15, 0.2) is 36.4 Å². The molecule has 0 atom stereocenters. The van der Waals surface area contributed by atoms with Crippen molar-refractivity contribution in [3.8, 4) is 5.75 Å². The molecule has 7 heteroatoms. The van der Waals surface area contributed by atoms with Crippen LogP contribution < -0.4 is 15.1 Å². The van der Waals surface area contributed by atoms with Crippen LogP contribution >= 0.6 is 0 Å². The number of nitrogens with zero attached hydrogens (tertiary/aromatic N) is 3. The van der Waals surface area contributed by atoms with E-state index in [9.17, 15) is 0 Å². The zero-order chi connectivity index (χ0) is 17.8. The van der Waals surface area contributed by atoms with Gasteiger partial charge < -0.3 is 8.85 Å². The second-order valence-electron chi connectivity index (χ2n) is 7.60. The van der Waals surface area contributed by atoms with Gasteiger partial charge in [0.2, 0.25) is 16.6 Å². The van der Waals surface area contributed by atoms with Gasteiger partial charge in [-0.25, -0.2) is 4.68 Å². The molecule has 0 unspecified atom stereocenters. The molecule has 5 nitrogen and oxygen atoms in total. The first-order chi connectivity index (χ1) is 11.8. The van der Waals surface area contributed by atoms with Crippen LogP contribution in [0.25, 0.3) is 11.0 Å². The molecule has 0 amide bonds. The van der Waals surface area contributed by atoms with Crippen LogP contribution in [0.5, 0.6) is 5.75 Å². The van der Waals surface area contributed by atoms with E-state index in [2.05, 4.69) is 60.8 Å². The second-order valence-corrected chi connectivity index (χ2v) is 15.5. The standard InChI is InChI=1S/C18H23N3O2Si2/c1-22-14-8-6-13(7-9-14)12-21-16-11-18-17(10-15(16)19-20-21)24(2,3)23-25(18,4)5/h6-11H,12H2,1-5H3. The zero-order valence-corrected chi connectivity index (χ0v) is 17.3. The molecule has 3 aromatic rings. The highest BCUT2D eigenvalue weighted by molar-refractivity contribution is 7.05. The molecule has 1 aromatic heterocycles. The zero-order valence-electron chi connectivity index (χ0n) is 15.3. The Balaban J connectivity index is 1.77. The number of methoxy groups -OCH3 is 1. The fraction of sp³-hybridized carbons (Fsp3) is 0.333. The molecule has 2 aromatic carbocycles. The van der Waals surface area contributed by atoms with Crippen LogP contribution in [-0.2, 0) is 10.7 Å².